The first kappa shape index (κ1) is 21.9. The summed E-state index contributed by atoms with van der Waals surface area (Å²) in [5.41, 5.74) is 1.14. The Balaban J connectivity index is 0.00000312. The van der Waals surface area contributed by atoms with Gasteiger partial charge in [-0.1, -0.05) is 25.8 Å². The summed E-state index contributed by atoms with van der Waals surface area (Å²) in [4.78, 5) is 4.35. The molecule has 0 heterocycles. The van der Waals surface area contributed by atoms with E-state index in [1.165, 1.54) is 25.7 Å². The molecule has 0 saturated heterocycles. The zero-order valence-electron chi connectivity index (χ0n) is 15.8. The van der Waals surface area contributed by atoms with Crippen LogP contribution in [0, 0.1) is 5.92 Å². The Hall–Kier alpha value is -1.18. The molecule has 0 aliphatic heterocycles. The third-order valence-corrected chi connectivity index (χ3v) is 4.49. The summed E-state index contributed by atoms with van der Waals surface area (Å²) in [6, 6.07) is 6.53. The Morgan fingerprint density at radius 3 is 2.72 bits per heavy atom. The van der Waals surface area contributed by atoms with Gasteiger partial charge >= 0.3 is 0 Å². The third-order valence-electron chi connectivity index (χ3n) is 4.49. The van der Waals surface area contributed by atoms with Crippen LogP contribution in [0.3, 0.4) is 0 Å². The number of guanidine groups is 1. The van der Waals surface area contributed by atoms with Crippen molar-refractivity contribution >= 4 is 29.9 Å². The standard InChI is InChI=1S/C19H31N3O2.HI/c1-5-24-18-12-15(9-10-17(18)23-4)13-21-19(20-3)22-16-8-6-7-14(2)11-16;/h9-10,12,14,16H,5-8,11,13H2,1-4H3,(H2,20,21,22);1H. The maximum absolute atomic E-state index is 5.64. The molecule has 25 heavy (non-hydrogen) atoms. The molecule has 2 N–H and O–H groups in total. The van der Waals surface area contributed by atoms with E-state index >= 15 is 0 Å². The second kappa shape index (κ2) is 11.4. The van der Waals surface area contributed by atoms with E-state index in [-0.39, 0.29) is 24.0 Å². The van der Waals surface area contributed by atoms with Crippen molar-refractivity contribution in [2.24, 2.45) is 10.9 Å². The van der Waals surface area contributed by atoms with Gasteiger partial charge in [-0.25, -0.2) is 0 Å². The smallest absolute Gasteiger partial charge is 0.191 e. The number of hydrogen-bond acceptors (Lipinski definition) is 3. The first-order valence-electron chi connectivity index (χ1n) is 8.93. The van der Waals surface area contributed by atoms with E-state index < -0.39 is 0 Å². The number of methoxy groups -OCH3 is 1. The molecule has 0 amide bonds. The van der Waals surface area contributed by atoms with Gasteiger partial charge in [-0.3, -0.25) is 4.99 Å². The highest BCUT2D eigenvalue weighted by atomic mass is 127. The van der Waals surface area contributed by atoms with Crippen LogP contribution in [0.25, 0.3) is 0 Å². The SMILES string of the molecule is CCOc1cc(CNC(=NC)NC2CCCC(C)C2)ccc1OC.I. The normalized spacial score (nSPS) is 20.4. The minimum atomic E-state index is 0. The summed E-state index contributed by atoms with van der Waals surface area (Å²) in [5, 5.41) is 6.95. The van der Waals surface area contributed by atoms with Crippen molar-refractivity contribution in [3.63, 3.8) is 0 Å². The fourth-order valence-electron chi connectivity index (χ4n) is 3.24. The van der Waals surface area contributed by atoms with Gasteiger partial charge < -0.3 is 20.1 Å². The minimum Gasteiger partial charge on any atom is -0.493 e. The van der Waals surface area contributed by atoms with E-state index in [0.717, 1.165) is 28.9 Å². The second-order valence-electron chi connectivity index (χ2n) is 6.46. The van der Waals surface area contributed by atoms with Crippen LogP contribution >= 0.6 is 24.0 Å². The molecule has 5 nitrogen and oxygen atoms in total. The topological polar surface area (TPSA) is 54.9 Å². The molecule has 0 spiro atoms. The van der Waals surface area contributed by atoms with Crippen molar-refractivity contribution in [1.82, 2.24) is 10.6 Å². The lowest BCUT2D eigenvalue weighted by Gasteiger charge is -2.28. The lowest BCUT2D eigenvalue weighted by molar-refractivity contribution is 0.310. The van der Waals surface area contributed by atoms with Gasteiger partial charge in [0.25, 0.3) is 0 Å². The Kier molecular flexibility index (Phi) is 10.0. The molecule has 0 bridgehead atoms. The molecule has 1 aromatic carbocycles. The van der Waals surface area contributed by atoms with Crippen LogP contribution in [0.15, 0.2) is 23.2 Å². The molecule has 1 aromatic rings. The average Bonchev–Trinajstić information content (AvgIpc) is 2.59. The zero-order valence-corrected chi connectivity index (χ0v) is 18.1. The number of halogens is 1. The Bertz CT molecular complexity index is 551. The fourth-order valence-corrected chi connectivity index (χ4v) is 3.24. The highest BCUT2D eigenvalue weighted by molar-refractivity contribution is 14.0. The van der Waals surface area contributed by atoms with Crippen LogP contribution in [0.4, 0.5) is 0 Å². The molecule has 0 aromatic heterocycles. The molecular weight excluding hydrogens is 429 g/mol. The average molecular weight is 461 g/mol. The highest BCUT2D eigenvalue weighted by Gasteiger charge is 2.19. The second-order valence-corrected chi connectivity index (χ2v) is 6.46. The molecule has 1 fully saturated rings. The van der Waals surface area contributed by atoms with Crippen molar-refractivity contribution in [3.8, 4) is 11.5 Å². The summed E-state index contributed by atoms with van der Waals surface area (Å²) in [6.45, 7) is 5.63. The van der Waals surface area contributed by atoms with E-state index in [4.69, 9.17) is 9.47 Å². The van der Waals surface area contributed by atoms with Crippen LogP contribution in [0.2, 0.25) is 0 Å². The van der Waals surface area contributed by atoms with Crippen molar-refractivity contribution in [2.45, 2.75) is 52.1 Å². The molecule has 2 atom stereocenters. The van der Waals surface area contributed by atoms with Crippen molar-refractivity contribution in [2.75, 3.05) is 20.8 Å². The van der Waals surface area contributed by atoms with Gasteiger partial charge in [0.05, 0.1) is 13.7 Å². The van der Waals surface area contributed by atoms with Crippen LogP contribution in [0.5, 0.6) is 11.5 Å². The van der Waals surface area contributed by atoms with Gasteiger partial charge in [-0.05, 0) is 43.4 Å². The first-order chi connectivity index (χ1) is 11.7. The summed E-state index contributed by atoms with van der Waals surface area (Å²) < 4.78 is 11.0. The summed E-state index contributed by atoms with van der Waals surface area (Å²) >= 11 is 0. The van der Waals surface area contributed by atoms with Crippen LogP contribution in [-0.4, -0.2) is 32.8 Å². The molecule has 1 aliphatic carbocycles. The molecule has 2 unspecified atom stereocenters. The predicted molar refractivity (Wildman–Crippen MR) is 114 cm³/mol. The summed E-state index contributed by atoms with van der Waals surface area (Å²) in [7, 11) is 3.48. The first-order valence-corrected chi connectivity index (χ1v) is 8.93. The Morgan fingerprint density at radius 2 is 2.08 bits per heavy atom. The number of nitrogens with zero attached hydrogens (tertiary/aromatic N) is 1. The lowest BCUT2D eigenvalue weighted by atomic mass is 9.87. The minimum absolute atomic E-state index is 0. The van der Waals surface area contributed by atoms with E-state index in [9.17, 15) is 0 Å². The number of ether oxygens (including phenoxy) is 2. The van der Waals surface area contributed by atoms with Crippen molar-refractivity contribution in [1.29, 1.82) is 0 Å². The number of nitrogens with one attached hydrogen (secondary N) is 2. The monoisotopic (exact) mass is 461 g/mol. The van der Waals surface area contributed by atoms with Gasteiger partial charge in [-0.2, -0.15) is 0 Å². The summed E-state index contributed by atoms with van der Waals surface area (Å²) in [5.74, 6) is 3.20. The maximum Gasteiger partial charge on any atom is 0.191 e. The van der Waals surface area contributed by atoms with Gasteiger partial charge in [-0.15, -0.1) is 24.0 Å². The molecule has 1 saturated carbocycles. The molecule has 1 aliphatic rings. The fraction of sp³-hybridized carbons (Fsp3) is 0.632. The zero-order chi connectivity index (χ0) is 17.4. The van der Waals surface area contributed by atoms with Crippen LogP contribution in [0.1, 0.15) is 45.1 Å². The van der Waals surface area contributed by atoms with Gasteiger partial charge in [0.1, 0.15) is 0 Å². The number of benzene rings is 1. The van der Waals surface area contributed by atoms with E-state index in [1.807, 2.05) is 32.2 Å². The highest BCUT2D eigenvalue weighted by Crippen LogP contribution is 2.28. The number of rotatable bonds is 6. The van der Waals surface area contributed by atoms with Gasteiger partial charge in [0.15, 0.2) is 17.5 Å². The molecule has 2 rings (SSSR count). The maximum atomic E-state index is 5.64. The summed E-state index contributed by atoms with van der Waals surface area (Å²) in [6.07, 6.45) is 5.09. The van der Waals surface area contributed by atoms with Gasteiger partial charge in [0, 0.05) is 19.6 Å². The largest absolute Gasteiger partial charge is 0.493 e. The molecular formula is C19H32IN3O2. The lowest BCUT2D eigenvalue weighted by Crippen LogP contribution is -2.44. The Morgan fingerprint density at radius 1 is 1.28 bits per heavy atom. The quantitative estimate of drug-likeness (QED) is 0.383. The van der Waals surface area contributed by atoms with Gasteiger partial charge in [0.2, 0.25) is 0 Å². The molecule has 0 radical (unpaired) electrons. The van der Waals surface area contributed by atoms with Crippen molar-refractivity contribution < 1.29 is 9.47 Å². The van der Waals surface area contributed by atoms with E-state index in [0.29, 0.717) is 19.2 Å². The molecule has 6 heteroatoms. The van der Waals surface area contributed by atoms with E-state index in [2.05, 4.69) is 22.5 Å². The Labute approximate surface area is 169 Å². The number of aliphatic imine (C=N–C) groups is 1. The van der Waals surface area contributed by atoms with Crippen LogP contribution in [-0.2, 0) is 6.54 Å². The van der Waals surface area contributed by atoms with Crippen LogP contribution < -0.4 is 20.1 Å². The predicted octanol–water partition coefficient (Wildman–Crippen LogP) is 3.96. The molecule has 142 valence electrons. The van der Waals surface area contributed by atoms with Crippen molar-refractivity contribution in [3.05, 3.63) is 23.8 Å². The number of hydrogen-bond donors (Lipinski definition) is 2. The third kappa shape index (κ3) is 6.92. The van der Waals surface area contributed by atoms with E-state index in [1.54, 1.807) is 7.11 Å².